The molecule has 5 nitrogen and oxygen atoms in total. The van der Waals surface area contributed by atoms with Crippen LogP contribution in [-0.4, -0.2) is 39.1 Å². The molecule has 2 aromatic rings. The van der Waals surface area contributed by atoms with E-state index in [2.05, 4.69) is 21.3 Å². The first kappa shape index (κ1) is 12.8. The Morgan fingerprint density at radius 2 is 2.40 bits per heavy atom. The van der Waals surface area contributed by atoms with E-state index in [4.69, 9.17) is 16.3 Å². The maximum atomic E-state index is 6.00. The van der Waals surface area contributed by atoms with E-state index >= 15 is 0 Å². The van der Waals surface area contributed by atoms with Crippen molar-refractivity contribution in [2.24, 2.45) is 0 Å². The number of hydrogen-bond acceptors (Lipinski definition) is 5. The van der Waals surface area contributed by atoms with Gasteiger partial charge in [0.05, 0.1) is 35.0 Å². The topological polar surface area (TPSA) is 43.2 Å². The minimum Gasteiger partial charge on any atom is -0.370 e. The summed E-state index contributed by atoms with van der Waals surface area (Å²) in [5, 5.41) is 8.23. The average Bonchev–Trinajstić information content (AvgIpc) is 3.07. The summed E-state index contributed by atoms with van der Waals surface area (Å²) in [6.45, 7) is 3.59. The fourth-order valence-corrected chi connectivity index (χ4v) is 4.18. The van der Waals surface area contributed by atoms with E-state index in [-0.39, 0.29) is 12.1 Å². The van der Waals surface area contributed by atoms with Crippen LogP contribution >= 0.6 is 22.9 Å². The molecule has 2 aliphatic heterocycles. The van der Waals surface area contributed by atoms with E-state index in [1.165, 1.54) is 4.88 Å². The molecule has 1 fully saturated rings. The Labute approximate surface area is 126 Å². The fraction of sp³-hybridized carbons (Fsp3) is 0.538. The standard InChI is InChI=1S/C13H15ClN4OS/c14-13-2-1-10(20-13)6-17-4-3-12-11(7-17)18-9(8-19-12)5-15-16-18/h1-2,5,11-12H,3-4,6-8H2/t11-,12+/m1/s1. The van der Waals surface area contributed by atoms with Crippen LogP contribution in [0.15, 0.2) is 18.3 Å². The first-order chi connectivity index (χ1) is 9.79. The molecule has 0 saturated carbocycles. The smallest absolute Gasteiger partial charge is 0.0931 e. The number of thiophene rings is 1. The highest BCUT2D eigenvalue weighted by atomic mass is 35.5. The minimum atomic E-state index is 0.271. The molecule has 7 heteroatoms. The van der Waals surface area contributed by atoms with Crippen molar-refractivity contribution in [3.63, 3.8) is 0 Å². The molecule has 4 rings (SSSR count). The van der Waals surface area contributed by atoms with Crippen LogP contribution in [0.2, 0.25) is 4.34 Å². The summed E-state index contributed by atoms with van der Waals surface area (Å²) in [6.07, 6.45) is 3.12. The number of halogens is 1. The quantitative estimate of drug-likeness (QED) is 0.854. The van der Waals surface area contributed by atoms with Crippen molar-refractivity contribution in [3.8, 4) is 0 Å². The maximum Gasteiger partial charge on any atom is 0.0931 e. The summed E-state index contributed by atoms with van der Waals surface area (Å²) in [6, 6.07) is 4.36. The second-order valence-electron chi connectivity index (χ2n) is 5.32. The van der Waals surface area contributed by atoms with E-state index in [0.29, 0.717) is 6.61 Å². The number of rotatable bonds is 2. The third-order valence-corrected chi connectivity index (χ3v) is 5.24. The fourth-order valence-electron chi connectivity index (χ4n) is 3.05. The second-order valence-corrected chi connectivity index (χ2v) is 7.12. The van der Waals surface area contributed by atoms with Crippen LogP contribution in [0.4, 0.5) is 0 Å². The molecule has 4 heterocycles. The van der Waals surface area contributed by atoms with Gasteiger partial charge in [0.15, 0.2) is 0 Å². The molecule has 0 unspecified atom stereocenters. The van der Waals surface area contributed by atoms with Gasteiger partial charge in [-0.25, -0.2) is 4.68 Å². The lowest BCUT2D eigenvalue weighted by Crippen LogP contribution is -2.47. The van der Waals surface area contributed by atoms with Crippen LogP contribution in [0.5, 0.6) is 0 Å². The van der Waals surface area contributed by atoms with Crippen molar-refractivity contribution in [3.05, 3.63) is 33.2 Å². The summed E-state index contributed by atoms with van der Waals surface area (Å²) in [5.74, 6) is 0. The summed E-state index contributed by atoms with van der Waals surface area (Å²) in [7, 11) is 0. The Kier molecular flexibility index (Phi) is 3.26. The van der Waals surface area contributed by atoms with Crippen molar-refractivity contribution in [2.45, 2.75) is 31.7 Å². The zero-order valence-electron chi connectivity index (χ0n) is 10.9. The first-order valence-corrected chi connectivity index (χ1v) is 7.96. The van der Waals surface area contributed by atoms with Crippen LogP contribution in [0.1, 0.15) is 23.0 Å². The van der Waals surface area contributed by atoms with Crippen molar-refractivity contribution >= 4 is 22.9 Å². The number of nitrogens with zero attached hydrogens (tertiary/aromatic N) is 4. The van der Waals surface area contributed by atoms with Gasteiger partial charge in [-0.05, 0) is 18.6 Å². The molecule has 0 aliphatic carbocycles. The predicted octanol–water partition coefficient (Wildman–Crippen LogP) is 2.34. The summed E-state index contributed by atoms with van der Waals surface area (Å²) in [4.78, 5) is 3.76. The van der Waals surface area contributed by atoms with Gasteiger partial charge >= 0.3 is 0 Å². The monoisotopic (exact) mass is 310 g/mol. The van der Waals surface area contributed by atoms with Crippen LogP contribution in [-0.2, 0) is 17.9 Å². The molecule has 0 amide bonds. The number of ether oxygens (including phenoxy) is 1. The van der Waals surface area contributed by atoms with Crippen molar-refractivity contribution in [1.82, 2.24) is 19.9 Å². The Hall–Kier alpha value is -0.950. The summed E-state index contributed by atoms with van der Waals surface area (Å²) < 4.78 is 8.82. The van der Waals surface area contributed by atoms with Crippen molar-refractivity contribution in [2.75, 3.05) is 13.1 Å². The van der Waals surface area contributed by atoms with Crippen LogP contribution in [0.25, 0.3) is 0 Å². The average molecular weight is 311 g/mol. The van der Waals surface area contributed by atoms with Crippen LogP contribution < -0.4 is 0 Å². The third kappa shape index (κ3) is 2.26. The molecule has 0 radical (unpaired) electrons. The van der Waals surface area contributed by atoms with E-state index in [0.717, 1.165) is 36.1 Å². The molecule has 20 heavy (non-hydrogen) atoms. The third-order valence-electron chi connectivity index (χ3n) is 4.02. The van der Waals surface area contributed by atoms with Crippen molar-refractivity contribution < 1.29 is 4.74 Å². The van der Waals surface area contributed by atoms with Crippen molar-refractivity contribution in [1.29, 1.82) is 0 Å². The SMILES string of the molecule is Clc1ccc(CN2CC[C@@H]3OCc4cnnn4[C@@H]3C2)s1. The molecular weight excluding hydrogens is 296 g/mol. The lowest BCUT2D eigenvalue weighted by Gasteiger charge is -2.40. The van der Waals surface area contributed by atoms with Gasteiger partial charge in [-0.1, -0.05) is 16.8 Å². The number of aromatic nitrogens is 3. The number of hydrogen-bond donors (Lipinski definition) is 0. The molecular formula is C13H15ClN4OS. The van der Waals surface area contributed by atoms with Gasteiger partial charge in [0.2, 0.25) is 0 Å². The normalized spacial score (nSPS) is 26.2. The lowest BCUT2D eigenvalue weighted by molar-refractivity contribution is -0.0668. The molecule has 2 atom stereocenters. The Balaban J connectivity index is 1.51. The van der Waals surface area contributed by atoms with E-state index < -0.39 is 0 Å². The van der Waals surface area contributed by atoms with Gasteiger partial charge in [-0.15, -0.1) is 16.4 Å². The van der Waals surface area contributed by atoms with Gasteiger partial charge in [0.25, 0.3) is 0 Å². The molecule has 1 saturated heterocycles. The molecule has 0 N–H and O–H groups in total. The van der Waals surface area contributed by atoms with Crippen LogP contribution in [0, 0.1) is 0 Å². The Morgan fingerprint density at radius 1 is 1.45 bits per heavy atom. The number of fused-ring (bicyclic) bond motifs is 3. The van der Waals surface area contributed by atoms with Gasteiger partial charge in [-0.2, -0.15) is 0 Å². The van der Waals surface area contributed by atoms with E-state index in [1.54, 1.807) is 17.5 Å². The maximum absolute atomic E-state index is 6.00. The summed E-state index contributed by atoms with van der Waals surface area (Å²) in [5.41, 5.74) is 1.08. The van der Waals surface area contributed by atoms with Gasteiger partial charge in [0.1, 0.15) is 0 Å². The zero-order valence-corrected chi connectivity index (χ0v) is 12.5. The Bertz CT molecular complexity index is 613. The highest BCUT2D eigenvalue weighted by Crippen LogP contribution is 2.31. The Morgan fingerprint density at radius 3 is 3.25 bits per heavy atom. The van der Waals surface area contributed by atoms with Gasteiger partial charge < -0.3 is 4.74 Å². The van der Waals surface area contributed by atoms with Gasteiger partial charge in [-0.3, -0.25) is 4.90 Å². The zero-order chi connectivity index (χ0) is 13.5. The molecule has 106 valence electrons. The first-order valence-electron chi connectivity index (χ1n) is 6.77. The minimum absolute atomic E-state index is 0.271. The number of likely N-dealkylation sites (tertiary alicyclic amines) is 1. The molecule has 2 aromatic heterocycles. The number of piperidine rings is 1. The second kappa shape index (κ2) is 5.11. The highest BCUT2D eigenvalue weighted by Gasteiger charge is 2.36. The van der Waals surface area contributed by atoms with E-state index in [9.17, 15) is 0 Å². The molecule has 0 spiro atoms. The lowest BCUT2D eigenvalue weighted by atomic mass is 10.0. The molecule has 0 aromatic carbocycles. The van der Waals surface area contributed by atoms with E-state index in [1.807, 2.05) is 10.7 Å². The molecule has 2 aliphatic rings. The highest BCUT2D eigenvalue weighted by molar-refractivity contribution is 7.16. The molecule has 0 bridgehead atoms. The summed E-state index contributed by atoms with van der Waals surface area (Å²) >= 11 is 7.65. The van der Waals surface area contributed by atoms with Gasteiger partial charge in [0, 0.05) is 24.5 Å². The largest absolute Gasteiger partial charge is 0.370 e. The van der Waals surface area contributed by atoms with Crippen LogP contribution in [0.3, 0.4) is 0 Å². The predicted molar refractivity (Wildman–Crippen MR) is 76.9 cm³/mol.